The predicted octanol–water partition coefficient (Wildman–Crippen LogP) is 2.31. The second kappa shape index (κ2) is 7.51. The maximum atomic E-state index is 5.94. The Balaban J connectivity index is 1.36. The number of rotatable bonds is 6. The Morgan fingerprint density at radius 2 is 2.17 bits per heavy atom. The number of nitrogens with one attached hydrogen (secondary N) is 1. The zero-order valence-electron chi connectivity index (χ0n) is 13.9. The molecule has 0 aromatic carbocycles. The van der Waals surface area contributed by atoms with Gasteiger partial charge in [-0.05, 0) is 42.9 Å². The van der Waals surface area contributed by atoms with Crippen LogP contribution in [0.1, 0.15) is 36.0 Å². The quantitative estimate of drug-likeness (QED) is 0.880. The molecule has 0 radical (unpaired) electrons. The standard InChI is InChI=1S/C18H25N3O3/c1-2-16(23-6-1)10-19-11-17-18-15(5-9-24-17)13-21(20-18)12-14-3-7-22-8-4-14/h1-2,6,13-14,17,19H,3-5,7-12H2/t17-/m1/s1. The molecular formula is C18H25N3O3. The molecule has 1 atom stereocenters. The third-order valence-electron chi connectivity index (χ3n) is 4.86. The first-order valence-corrected chi connectivity index (χ1v) is 8.87. The van der Waals surface area contributed by atoms with Gasteiger partial charge in [0.05, 0.1) is 25.1 Å². The number of nitrogens with zero attached hydrogens (tertiary/aromatic N) is 2. The molecule has 0 saturated carbocycles. The zero-order chi connectivity index (χ0) is 16.2. The van der Waals surface area contributed by atoms with E-state index in [4.69, 9.17) is 19.0 Å². The van der Waals surface area contributed by atoms with E-state index in [0.29, 0.717) is 12.5 Å². The first kappa shape index (κ1) is 15.9. The van der Waals surface area contributed by atoms with Crippen LogP contribution in [0.3, 0.4) is 0 Å². The predicted molar refractivity (Wildman–Crippen MR) is 88.6 cm³/mol. The molecule has 6 heteroatoms. The zero-order valence-corrected chi connectivity index (χ0v) is 13.9. The number of aromatic nitrogens is 2. The third-order valence-corrected chi connectivity index (χ3v) is 4.86. The van der Waals surface area contributed by atoms with Gasteiger partial charge >= 0.3 is 0 Å². The van der Waals surface area contributed by atoms with Crippen molar-refractivity contribution < 1.29 is 13.9 Å². The van der Waals surface area contributed by atoms with Gasteiger partial charge in [0.2, 0.25) is 0 Å². The molecule has 4 rings (SSSR count). The highest BCUT2D eigenvalue weighted by Crippen LogP contribution is 2.26. The van der Waals surface area contributed by atoms with Crippen molar-refractivity contribution in [2.75, 3.05) is 26.4 Å². The summed E-state index contributed by atoms with van der Waals surface area (Å²) in [5, 5.41) is 8.23. The first-order chi connectivity index (χ1) is 11.9. The summed E-state index contributed by atoms with van der Waals surface area (Å²) in [5.74, 6) is 1.62. The average Bonchev–Trinajstić information content (AvgIpc) is 3.25. The first-order valence-electron chi connectivity index (χ1n) is 8.87. The van der Waals surface area contributed by atoms with E-state index in [1.807, 2.05) is 12.1 Å². The minimum atomic E-state index is 0.0275. The third kappa shape index (κ3) is 3.71. The van der Waals surface area contributed by atoms with Gasteiger partial charge in [-0.1, -0.05) is 0 Å². The van der Waals surface area contributed by atoms with Gasteiger partial charge in [-0.2, -0.15) is 5.10 Å². The Labute approximate surface area is 142 Å². The normalized spacial score (nSPS) is 21.8. The molecule has 2 aliphatic heterocycles. The summed E-state index contributed by atoms with van der Waals surface area (Å²) in [5.41, 5.74) is 2.43. The van der Waals surface area contributed by atoms with Gasteiger partial charge in [0.25, 0.3) is 0 Å². The highest BCUT2D eigenvalue weighted by atomic mass is 16.5. The number of hydrogen-bond donors (Lipinski definition) is 1. The van der Waals surface area contributed by atoms with Crippen LogP contribution < -0.4 is 5.32 Å². The van der Waals surface area contributed by atoms with Gasteiger partial charge in [-0.15, -0.1) is 0 Å². The second-order valence-corrected chi connectivity index (χ2v) is 6.64. The highest BCUT2D eigenvalue weighted by molar-refractivity contribution is 5.22. The fourth-order valence-electron chi connectivity index (χ4n) is 3.51. The molecule has 24 heavy (non-hydrogen) atoms. The van der Waals surface area contributed by atoms with Crippen LogP contribution in [-0.4, -0.2) is 36.1 Å². The lowest BCUT2D eigenvalue weighted by Gasteiger charge is -2.22. The van der Waals surface area contributed by atoms with Gasteiger partial charge in [0.1, 0.15) is 11.9 Å². The van der Waals surface area contributed by atoms with E-state index in [9.17, 15) is 0 Å². The number of ether oxygens (including phenoxy) is 2. The Bertz CT molecular complexity index is 632. The van der Waals surface area contributed by atoms with Gasteiger partial charge in [0.15, 0.2) is 0 Å². The summed E-state index contributed by atoms with van der Waals surface area (Å²) in [6, 6.07) is 3.88. The summed E-state index contributed by atoms with van der Waals surface area (Å²) in [6.45, 7) is 4.99. The van der Waals surface area contributed by atoms with E-state index < -0.39 is 0 Å². The van der Waals surface area contributed by atoms with Gasteiger partial charge < -0.3 is 19.2 Å². The van der Waals surface area contributed by atoms with Crippen molar-refractivity contribution >= 4 is 0 Å². The number of hydrogen-bond acceptors (Lipinski definition) is 5. The lowest BCUT2D eigenvalue weighted by molar-refractivity contribution is 0.0385. The molecule has 2 aliphatic rings. The van der Waals surface area contributed by atoms with Crippen LogP contribution in [0, 0.1) is 5.92 Å². The molecule has 1 fully saturated rings. The topological polar surface area (TPSA) is 61.5 Å². The minimum Gasteiger partial charge on any atom is -0.468 e. The Kier molecular flexibility index (Phi) is 4.96. The summed E-state index contributed by atoms with van der Waals surface area (Å²) in [7, 11) is 0. The van der Waals surface area contributed by atoms with Crippen molar-refractivity contribution in [3.8, 4) is 0 Å². The van der Waals surface area contributed by atoms with Crippen molar-refractivity contribution in [2.24, 2.45) is 5.92 Å². The maximum Gasteiger partial charge on any atom is 0.117 e. The van der Waals surface area contributed by atoms with Gasteiger partial charge in [0, 0.05) is 32.5 Å². The van der Waals surface area contributed by atoms with Crippen LogP contribution in [0.5, 0.6) is 0 Å². The molecule has 130 valence electrons. The highest BCUT2D eigenvalue weighted by Gasteiger charge is 2.25. The largest absolute Gasteiger partial charge is 0.468 e. The van der Waals surface area contributed by atoms with Crippen molar-refractivity contribution in [3.63, 3.8) is 0 Å². The molecule has 0 unspecified atom stereocenters. The van der Waals surface area contributed by atoms with Crippen LogP contribution in [0.2, 0.25) is 0 Å². The maximum absolute atomic E-state index is 5.94. The number of fused-ring (bicyclic) bond motifs is 1. The van der Waals surface area contributed by atoms with Gasteiger partial charge in [-0.3, -0.25) is 4.68 Å². The van der Waals surface area contributed by atoms with Crippen LogP contribution in [-0.2, 0) is 29.0 Å². The lowest BCUT2D eigenvalue weighted by Crippen LogP contribution is -2.27. The van der Waals surface area contributed by atoms with Crippen molar-refractivity contribution in [2.45, 2.75) is 38.5 Å². The molecule has 0 spiro atoms. The number of furan rings is 1. The monoisotopic (exact) mass is 331 g/mol. The summed E-state index contributed by atoms with van der Waals surface area (Å²) >= 11 is 0. The summed E-state index contributed by atoms with van der Waals surface area (Å²) < 4.78 is 18.9. The van der Waals surface area contributed by atoms with Crippen molar-refractivity contribution in [3.05, 3.63) is 41.6 Å². The van der Waals surface area contributed by atoms with Crippen molar-refractivity contribution in [1.82, 2.24) is 15.1 Å². The van der Waals surface area contributed by atoms with E-state index >= 15 is 0 Å². The summed E-state index contributed by atoms with van der Waals surface area (Å²) in [6.07, 6.45) is 7.17. The van der Waals surface area contributed by atoms with Crippen molar-refractivity contribution in [1.29, 1.82) is 0 Å². The van der Waals surface area contributed by atoms with E-state index in [-0.39, 0.29) is 6.10 Å². The van der Waals surface area contributed by atoms with Gasteiger partial charge in [-0.25, -0.2) is 0 Å². The van der Waals surface area contributed by atoms with Crippen LogP contribution >= 0.6 is 0 Å². The van der Waals surface area contributed by atoms with E-state index in [1.54, 1.807) is 6.26 Å². The smallest absolute Gasteiger partial charge is 0.117 e. The lowest BCUT2D eigenvalue weighted by atomic mass is 10.0. The molecule has 2 aromatic heterocycles. The molecule has 2 aromatic rings. The SMILES string of the molecule is c1coc(CNC[C@H]2OCCc3cn(CC4CCOCC4)nc32)c1. The van der Waals surface area contributed by atoms with Crippen LogP contribution in [0.4, 0.5) is 0 Å². The average molecular weight is 331 g/mol. The van der Waals surface area contributed by atoms with E-state index in [1.165, 1.54) is 5.56 Å². The molecule has 1 N–H and O–H groups in total. The summed E-state index contributed by atoms with van der Waals surface area (Å²) in [4.78, 5) is 0. The molecule has 0 bridgehead atoms. The van der Waals surface area contributed by atoms with E-state index in [0.717, 1.165) is 63.6 Å². The molecule has 6 nitrogen and oxygen atoms in total. The second-order valence-electron chi connectivity index (χ2n) is 6.64. The Hall–Kier alpha value is -1.63. The minimum absolute atomic E-state index is 0.0275. The fourth-order valence-corrected chi connectivity index (χ4v) is 3.51. The molecule has 0 amide bonds. The molecule has 1 saturated heterocycles. The van der Waals surface area contributed by atoms with Crippen LogP contribution in [0.25, 0.3) is 0 Å². The van der Waals surface area contributed by atoms with E-state index in [2.05, 4.69) is 16.2 Å². The molecule has 4 heterocycles. The molecule has 0 aliphatic carbocycles. The van der Waals surface area contributed by atoms with Crippen LogP contribution in [0.15, 0.2) is 29.0 Å². The fraction of sp³-hybridized carbons (Fsp3) is 0.611. The Morgan fingerprint density at radius 1 is 1.25 bits per heavy atom. The molecular weight excluding hydrogens is 306 g/mol. The Morgan fingerprint density at radius 3 is 3.00 bits per heavy atom.